The number of rotatable bonds is 9. The molecule has 5 rings (SSSR count). The summed E-state index contributed by atoms with van der Waals surface area (Å²) < 4.78 is 7.69. The standard InChI is InChI=1S/C28H38N6O3/c1-32(13-12-22-20-33(2)25-8-4-3-7-24(22)25)19-21-10-14-34(15-11-21)28-29-17-23(18-30-28)27(35)31-37-26-9-5-6-16-36-26/h3-4,7-8,17-18,20-21,26H,5-6,9-16,19H2,1-2H3,(H,31,35). The van der Waals surface area contributed by atoms with Crippen molar-refractivity contribution in [2.24, 2.45) is 13.0 Å². The van der Waals surface area contributed by atoms with Gasteiger partial charge >= 0.3 is 0 Å². The molecule has 37 heavy (non-hydrogen) atoms. The lowest BCUT2D eigenvalue weighted by molar-refractivity contribution is -0.186. The number of aromatic nitrogens is 3. The van der Waals surface area contributed by atoms with E-state index in [-0.39, 0.29) is 12.2 Å². The number of anilines is 1. The lowest BCUT2D eigenvalue weighted by Crippen LogP contribution is -2.39. The second kappa shape index (κ2) is 12.0. The van der Waals surface area contributed by atoms with Gasteiger partial charge in [0.2, 0.25) is 5.95 Å². The van der Waals surface area contributed by atoms with Gasteiger partial charge in [-0.3, -0.25) is 4.79 Å². The Morgan fingerprint density at radius 2 is 1.95 bits per heavy atom. The van der Waals surface area contributed by atoms with Crippen molar-refractivity contribution in [2.75, 3.05) is 44.7 Å². The van der Waals surface area contributed by atoms with Crippen LogP contribution in [-0.2, 0) is 23.0 Å². The quantitative estimate of drug-likeness (QED) is 0.444. The molecular formula is C28H38N6O3. The number of likely N-dealkylation sites (N-methyl/N-ethyl adjacent to an activating group) is 1. The predicted octanol–water partition coefficient (Wildman–Crippen LogP) is 3.55. The van der Waals surface area contributed by atoms with Gasteiger partial charge < -0.3 is 19.1 Å². The number of carbonyl (C=O) groups is 1. The highest BCUT2D eigenvalue weighted by Crippen LogP contribution is 2.23. The number of fused-ring (bicyclic) bond motifs is 1. The summed E-state index contributed by atoms with van der Waals surface area (Å²) in [6, 6.07) is 8.63. The molecule has 1 amide bonds. The van der Waals surface area contributed by atoms with Gasteiger partial charge in [0.1, 0.15) is 0 Å². The van der Waals surface area contributed by atoms with Crippen LogP contribution in [0.2, 0.25) is 0 Å². The molecule has 1 unspecified atom stereocenters. The summed E-state index contributed by atoms with van der Waals surface area (Å²) in [6.45, 7) is 4.67. The van der Waals surface area contributed by atoms with Crippen LogP contribution < -0.4 is 10.4 Å². The molecule has 2 aliphatic heterocycles. The van der Waals surface area contributed by atoms with Crippen molar-refractivity contribution in [1.82, 2.24) is 24.9 Å². The number of nitrogens with one attached hydrogen (secondary N) is 1. The van der Waals surface area contributed by atoms with Gasteiger partial charge in [-0.2, -0.15) is 0 Å². The zero-order valence-corrected chi connectivity index (χ0v) is 21.9. The second-order valence-electron chi connectivity index (χ2n) is 10.3. The minimum atomic E-state index is -0.378. The van der Waals surface area contributed by atoms with E-state index in [9.17, 15) is 4.79 Å². The van der Waals surface area contributed by atoms with Gasteiger partial charge in [0.25, 0.3) is 5.91 Å². The average molecular weight is 507 g/mol. The molecule has 4 heterocycles. The summed E-state index contributed by atoms with van der Waals surface area (Å²) in [5.41, 5.74) is 5.55. The van der Waals surface area contributed by atoms with Crippen molar-refractivity contribution in [3.63, 3.8) is 0 Å². The maximum Gasteiger partial charge on any atom is 0.278 e. The molecule has 1 atom stereocenters. The fourth-order valence-corrected chi connectivity index (χ4v) is 5.37. The Morgan fingerprint density at radius 3 is 2.70 bits per heavy atom. The van der Waals surface area contributed by atoms with Crippen molar-refractivity contribution in [1.29, 1.82) is 0 Å². The summed E-state index contributed by atoms with van der Waals surface area (Å²) in [5, 5.41) is 1.36. The molecule has 1 N–H and O–H groups in total. The topological polar surface area (TPSA) is 84.8 Å². The van der Waals surface area contributed by atoms with Crippen molar-refractivity contribution in [3.8, 4) is 0 Å². The van der Waals surface area contributed by atoms with Crippen LogP contribution in [-0.4, -0.2) is 71.5 Å². The average Bonchev–Trinajstić information content (AvgIpc) is 3.27. The molecular weight excluding hydrogens is 468 g/mol. The number of hydrogen-bond donors (Lipinski definition) is 1. The number of carbonyl (C=O) groups excluding carboxylic acids is 1. The molecule has 0 spiro atoms. The van der Waals surface area contributed by atoms with E-state index >= 15 is 0 Å². The summed E-state index contributed by atoms with van der Waals surface area (Å²) in [5.74, 6) is 0.986. The Balaban J connectivity index is 1.04. The van der Waals surface area contributed by atoms with Gasteiger partial charge in [-0.25, -0.2) is 20.3 Å². The molecule has 2 fully saturated rings. The number of nitrogens with zero attached hydrogens (tertiary/aromatic N) is 5. The molecule has 2 saturated heterocycles. The summed E-state index contributed by atoms with van der Waals surface area (Å²) in [4.78, 5) is 31.3. The van der Waals surface area contributed by atoms with E-state index in [4.69, 9.17) is 9.57 Å². The number of piperidine rings is 1. The van der Waals surface area contributed by atoms with Gasteiger partial charge in [0.15, 0.2) is 6.29 Å². The van der Waals surface area contributed by atoms with Crippen molar-refractivity contribution >= 4 is 22.8 Å². The molecule has 9 heteroatoms. The summed E-state index contributed by atoms with van der Waals surface area (Å²) >= 11 is 0. The third-order valence-corrected chi connectivity index (χ3v) is 7.53. The van der Waals surface area contributed by atoms with Gasteiger partial charge in [0.05, 0.1) is 5.56 Å². The molecule has 3 aromatic rings. The Morgan fingerprint density at radius 1 is 1.16 bits per heavy atom. The number of hydrogen-bond acceptors (Lipinski definition) is 7. The minimum Gasteiger partial charge on any atom is -0.350 e. The first kappa shape index (κ1) is 25.6. The highest BCUT2D eigenvalue weighted by atomic mass is 16.8. The SMILES string of the molecule is CN(CCc1cn(C)c2ccccc12)CC1CCN(c2ncc(C(=O)NOC3CCCCO3)cn2)CC1. The fraction of sp³-hybridized carbons (Fsp3) is 0.536. The van der Waals surface area contributed by atoms with E-state index in [1.807, 2.05) is 0 Å². The number of benzene rings is 1. The molecule has 0 aliphatic carbocycles. The molecule has 0 radical (unpaired) electrons. The van der Waals surface area contributed by atoms with Crippen LogP contribution in [0.5, 0.6) is 0 Å². The van der Waals surface area contributed by atoms with E-state index in [0.29, 0.717) is 24.0 Å². The highest BCUT2D eigenvalue weighted by molar-refractivity contribution is 5.92. The lowest BCUT2D eigenvalue weighted by atomic mass is 9.96. The van der Waals surface area contributed by atoms with Crippen molar-refractivity contribution < 1.29 is 14.4 Å². The van der Waals surface area contributed by atoms with E-state index in [2.05, 4.69) is 74.4 Å². The zero-order chi connectivity index (χ0) is 25.6. The van der Waals surface area contributed by atoms with Crippen LogP contribution >= 0.6 is 0 Å². The number of aryl methyl sites for hydroxylation is 1. The first-order chi connectivity index (χ1) is 18.1. The zero-order valence-electron chi connectivity index (χ0n) is 21.9. The van der Waals surface area contributed by atoms with E-state index in [1.165, 1.54) is 16.5 Å². The molecule has 2 aliphatic rings. The maximum absolute atomic E-state index is 12.3. The van der Waals surface area contributed by atoms with Crippen LogP contribution in [0.1, 0.15) is 48.0 Å². The lowest BCUT2D eigenvalue weighted by Gasteiger charge is -2.34. The smallest absolute Gasteiger partial charge is 0.278 e. The largest absolute Gasteiger partial charge is 0.350 e. The number of amides is 1. The fourth-order valence-electron chi connectivity index (χ4n) is 5.37. The van der Waals surface area contributed by atoms with E-state index < -0.39 is 0 Å². The molecule has 198 valence electrons. The van der Waals surface area contributed by atoms with Crippen LogP contribution in [0.25, 0.3) is 10.9 Å². The van der Waals surface area contributed by atoms with E-state index in [0.717, 1.165) is 64.7 Å². The Bertz CT molecular complexity index is 1170. The maximum atomic E-state index is 12.3. The highest BCUT2D eigenvalue weighted by Gasteiger charge is 2.23. The van der Waals surface area contributed by atoms with Gasteiger partial charge in [-0.05, 0) is 56.7 Å². The van der Waals surface area contributed by atoms with Crippen LogP contribution in [0.4, 0.5) is 5.95 Å². The van der Waals surface area contributed by atoms with E-state index in [1.54, 1.807) is 12.4 Å². The second-order valence-corrected chi connectivity index (χ2v) is 10.3. The number of ether oxygens (including phenoxy) is 1. The third kappa shape index (κ3) is 6.47. The predicted molar refractivity (Wildman–Crippen MR) is 143 cm³/mol. The summed E-state index contributed by atoms with van der Waals surface area (Å²) in [6.07, 6.45) is 11.2. The Hall–Kier alpha value is -3.01. The minimum absolute atomic E-state index is 0.356. The van der Waals surface area contributed by atoms with Crippen molar-refractivity contribution in [3.05, 3.63) is 54.0 Å². The molecule has 0 saturated carbocycles. The third-order valence-electron chi connectivity index (χ3n) is 7.53. The molecule has 2 aromatic heterocycles. The van der Waals surface area contributed by atoms with Gasteiger partial charge in [-0.15, -0.1) is 0 Å². The molecule has 9 nitrogen and oxygen atoms in total. The van der Waals surface area contributed by atoms with Crippen LogP contribution in [0.15, 0.2) is 42.9 Å². The number of para-hydroxylation sites is 1. The van der Waals surface area contributed by atoms with Crippen LogP contribution in [0.3, 0.4) is 0 Å². The van der Waals surface area contributed by atoms with Gasteiger partial charge in [-0.1, -0.05) is 18.2 Å². The first-order valence-corrected chi connectivity index (χ1v) is 13.4. The van der Waals surface area contributed by atoms with Crippen LogP contribution in [0, 0.1) is 5.92 Å². The normalized spacial score (nSPS) is 19.0. The molecule has 0 bridgehead atoms. The first-order valence-electron chi connectivity index (χ1n) is 13.4. The Labute approximate surface area is 218 Å². The monoisotopic (exact) mass is 506 g/mol. The Kier molecular flexibility index (Phi) is 8.33. The van der Waals surface area contributed by atoms with Gasteiger partial charge in [0, 0.05) is 75.7 Å². The molecule has 1 aromatic carbocycles. The number of hydroxylamine groups is 1. The van der Waals surface area contributed by atoms with Crippen molar-refractivity contribution in [2.45, 2.75) is 44.8 Å². The summed E-state index contributed by atoms with van der Waals surface area (Å²) in [7, 11) is 4.35.